The molecule has 0 atom stereocenters. The zero-order valence-electron chi connectivity index (χ0n) is 12.4. The second kappa shape index (κ2) is 9.68. The first kappa shape index (κ1) is 15.8. The molecule has 19 heavy (non-hydrogen) atoms. The largest absolute Gasteiger partial charge is 0.395 e. The maximum Gasteiger partial charge on any atom is 0.0606 e. The Balaban J connectivity index is 2.38. The maximum absolute atomic E-state index is 9.02. The lowest BCUT2D eigenvalue weighted by Crippen LogP contribution is -2.25. The van der Waals surface area contributed by atoms with Gasteiger partial charge in [-0.3, -0.25) is 0 Å². The number of aliphatic hydroxyl groups excluding tert-OH is 1. The highest BCUT2D eigenvalue weighted by Gasteiger charge is 2.02. The standard InChI is InChI=1S/C16H28N2O/c1-3-5-6-7-12-17-15-8-10-16(11-9-15)18(4-2)13-14-19/h8-11,17,19H,3-7,12-14H2,1-2H3. The van der Waals surface area contributed by atoms with Gasteiger partial charge in [0.15, 0.2) is 0 Å². The van der Waals surface area contributed by atoms with Crippen molar-refractivity contribution in [3.05, 3.63) is 24.3 Å². The molecule has 0 aliphatic rings. The third-order valence-electron chi connectivity index (χ3n) is 3.34. The van der Waals surface area contributed by atoms with Gasteiger partial charge >= 0.3 is 0 Å². The molecule has 0 aliphatic heterocycles. The zero-order valence-corrected chi connectivity index (χ0v) is 12.4. The summed E-state index contributed by atoms with van der Waals surface area (Å²) in [7, 11) is 0. The number of anilines is 2. The average Bonchev–Trinajstić information content (AvgIpc) is 2.45. The minimum Gasteiger partial charge on any atom is -0.395 e. The Morgan fingerprint density at radius 3 is 2.37 bits per heavy atom. The van der Waals surface area contributed by atoms with Crippen LogP contribution in [0.5, 0.6) is 0 Å². The molecule has 0 aliphatic carbocycles. The molecule has 3 nitrogen and oxygen atoms in total. The molecular weight excluding hydrogens is 236 g/mol. The van der Waals surface area contributed by atoms with Gasteiger partial charge in [0.05, 0.1) is 6.61 Å². The molecule has 0 radical (unpaired) electrons. The molecule has 0 spiro atoms. The average molecular weight is 264 g/mol. The van der Waals surface area contributed by atoms with E-state index in [2.05, 4.69) is 48.3 Å². The van der Waals surface area contributed by atoms with Crippen molar-refractivity contribution in [1.29, 1.82) is 0 Å². The highest BCUT2D eigenvalue weighted by atomic mass is 16.3. The Bertz CT molecular complexity index is 324. The predicted octanol–water partition coefficient (Wildman–Crippen LogP) is 3.50. The van der Waals surface area contributed by atoms with Crippen LogP contribution in [0.3, 0.4) is 0 Å². The number of benzene rings is 1. The Morgan fingerprint density at radius 1 is 1.05 bits per heavy atom. The van der Waals surface area contributed by atoms with Crippen molar-refractivity contribution in [3.8, 4) is 0 Å². The molecule has 0 unspecified atom stereocenters. The van der Waals surface area contributed by atoms with Gasteiger partial charge in [0.25, 0.3) is 0 Å². The summed E-state index contributed by atoms with van der Waals surface area (Å²) in [5.74, 6) is 0. The van der Waals surface area contributed by atoms with Crippen LogP contribution in [0, 0.1) is 0 Å². The van der Waals surface area contributed by atoms with E-state index in [0.717, 1.165) is 13.1 Å². The van der Waals surface area contributed by atoms with Crippen molar-refractivity contribution in [2.45, 2.75) is 39.5 Å². The van der Waals surface area contributed by atoms with Crippen LogP contribution in [0.25, 0.3) is 0 Å². The van der Waals surface area contributed by atoms with Crippen LogP contribution in [-0.2, 0) is 0 Å². The van der Waals surface area contributed by atoms with Gasteiger partial charge in [-0.25, -0.2) is 0 Å². The van der Waals surface area contributed by atoms with E-state index in [-0.39, 0.29) is 6.61 Å². The molecule has 0 bridgehead atoms. The normalized spacial score (nSPS) is 10.5. The van der Waals surface area contributed by atoms with Crippen molar-refractivity contribution in [2.75, 3.05) is 36.5 Å². The fraction of sp³-hybridized carbons (Fsp3) is 0.625. The number of rotatable bonds is 10. The van der Waals surface area contributed by atoms with Gasteiger partial charge in [-0.15, -0.1) is 0 Å². The molecule has 0 saturated heterocycles. The summed E-state index contributed by atoms with van der Waals surface area (Å²) in [4.78, 5) is 2.17. The molecule has 2 N–H and O–H groups in total. The molecular formula is C16H28N2O. The molecule has 0 amide bonds. The van der Waals surface area contributed by atoms with Crippen LogP contribution in [-0.4, -0.2) is 31.3 Å². The van der Waals surface area contributed by atoms with Crippen molar-refractivity contribution >= 4 is 11.4 Å². The highest BCUT2D eigenvalue weighted by molar-refractivity contribution is 5.55. The van der Waals surface area contributed by atoms with Crippen molar-refractivity contribution in [3.63, 3.8) is 0 Å². The van der Waals surface area contributed by atoms with E-state index in [1.54, 1.807) is 0 Å². The third-order valence-corrected chi connectivity index (χ3v) is 3.34. The molecule has 1 rings (SSSR count). The van der Waals surface area contributed by atoms with E-state index in [4.69, 9.17) is 5.11 Å². The number of unbranched alkanes of at least 4 members (excludes halogenated alkanes) is 3. The maximum atomic E-state index is 9.02. The summed E-state index contributed by atoms with van der Waals surface area (Å²) in [6.45, 7) is 7.21. The van der Waals surface area contributed by atoms with Gasteiger partial charge in [-0.1, -0.05) is 26.2 Å². The topological polar surface area (TPSA) is 35.5 Å². The van der Waals surface area contributed by atoms with Crippen LogP contribution in [0.15, 0.2) is 24.3 Å². The Labute approximate surface area is 117 Å². The molecule has 0 heterocycles. The van der Waals surface area contributed by atoms with E-state index in [1.165, 1.54) is 37.1 Å². The lowest BCUT2D eigenvalue weighted by Gasteiger charge is -2.22. The van der Waals surface area contributed by atoms with E-state index in [9.17, 15) is 0 Å². The SMILES string of the molecule is CCCCCCNc1ccc(N(CC)CCO)cc1. The van der Waals surface area contributed by atoms with Crippen molar-refractivity contribution in [1.82, 2.24) is 0 Å². The summed E-state index contributed by atoms with van der Waals surface area (Å²) < 4.78 is 0. The van der Waals surface area contributed by atoms with Gasteiger partial charge < -0.3 is 15.3 Å². The van der Waals surface area contributed by atoms with Crippen molar-refractivity contribution < 1.29 is 5.11 Å². The van der Waals surface area contributed by atoms with Crippen LogP contribution >= 0.6 is 0 Å². The molecule has 108 valence electrons. The van der Waals surface area contributed by atoms with Gasteiger partial charge in [-0.05, 0) is 37.6 Å². The lowest BCUT2D eigenvalue weighted by atomic mass is 10.2. The number of nitrogens with zero attached hydrogens (tertiary/aromatic N) is 1. The number of likely N-dealkylation sites (N-methyl/N-ethyl adjacent to an activating group) is 1. The van der Waals surface area contributed by atoms with E-state index in [1.807, 2.05) is 0 Å². The van der Waals surface area contributed by atoms with Gasteiger partial charge in [-0.2, -0.15) is 0 Å². The van der Waals surface area contributed by atoms with Gasteiger partial charge in [0, 0.05) is 31.0 Å². The summed E-state index contributed by atoms with van der Waals surface area (Å²) in [6, 6.07) is 8.48. The Kier molecular flexibility index (Phi) is 8.07. The van der Waals surface area contributed by atoms with E-state index in [0.29, 0.717) is 6.54 Å². The van der Waals surface area contributed by atoms with Crippen LogP contribution in [0.1, 0.15) is 39.5 Å². The molecule has 0 fully saturated rings. The minimum atomic E-state index is 0.200. The Hall–Kier alpha value is -1.22. The highest BCUT2D eigenvalue weighted by Crippen LogP contribution is 2.17. The third kappa shape index (κ3) is 5.97. The van der Waals surface area contributed by atoms with Crippen LogP contribution < -0.4 is 10.2 Å². The first-order valence-electron chi connectivity index (χ1n) is 7.51. The van der Waals surface area contributed by atoms with E-state index >= 15 is 0 Å². The molecule has 1 aromatic carbocycles. The number of nitrogens with one attached hydrogen (secondary N) is 1. The number of hydrogen-bond acceptors (Lipinski definition) is 3. The lowest BCUT2D eigenvalue weighted by molar-refractivity contribution is 0.302. The predicted molar refractivity (Wildman–Crippen MR) is 84.0 cm³/mol. The second-order valence-electron chi connectivity index (χ2n) is 4.84. The number of hydrogen-bond donors (Lipinski definition) is 2. The molecule has 0 saturated carbocycles. The summed E-state index contributed by atoms with van der Waals surface area (Å²) in [5.41, 5.74) is 2.35. The minimum absolute atomic E-state index is 0.200. The molecule has 3 heteroatoms. The fourth-order valence-electron chi connectivity index (χ4n) is 2.17. The Morgan fingerprint density at radius 2 is 1.79 bits per heavy atom. The van der Waals surface area contributed by atoms with Crippen LogP contribution in [0.2, 0.25) is 0 Å². The van der Waals surface area contributed by atoms with Gasteiger partial charge in [0.2, 0.25) is 0 Å². The molecule has 1 aromatic rings. The summed E-state index contributed by atoms with van der Waals surface area (Å²) in [5, 5.41) is 12.5. The fourth-order valence-corrected chi connectivity index (χ4v) is 2.17. The smallest absolute Gasteiger partial charge is 0.0606 e. The van der Waals surface area contributed by atoms with Gasteiger partial charge in [0.1, 0.15) is 0 Å². The van der Waals surface area contributed by atoms with E-state index < -0.39 is 0 Å². The van der Waals surface area contributed by atoms with Crippen LogP contribution in [0.4, 0.5) is 11.4 Å². The quantitative estimate of drug-likeness (QED) is 0.635. The second-order valence-corrected chi connectivity index (χ2v) is 4.84. The monoisotopic (exact) mass is 264 g/mol. The molecule has 0 aromatic heterocycles. The number of aliphatic hydroxyl groups is 1. The zero-order chi connectivity index (χ0) is 13.9. The summed E-state index contributed by atoms with van der Waals surface area (Å²) >= 11 is 0. The first-order chi connectivity index (χ1) is 9.31. The summed E-state index contributed by atoms with van der Waals surface area (Å²) in [6.07, 6.45) is 5.16. The van der Waals surface area contributed by atoms with Crippen molar-refractivity contribution in [2.24, 2.45) is 0 Å². The first-order valence-corrected chi connectivity index (χ1v) is 7.51.